The van der Waals surface area contributed by atoms with Gasteiger partial charge in [0.05, 0.1) is 16.7 Å². The first kappa shape index (κ1) is 18.9. The predicted molar refractivity (Wildman–Crippen MR) is 104 cm³/mol. The lowest BCUT2D eigenvalue weighted by Gasteiger charge is -2.08. The van der Waals surface area contributed by atoms with Crippen LogP contribution >= 0.6 is 0 Å². The average Bonchev–Trinajstić information content (AvgIpc) is 2.72. The number of halogens is 2. The van der Waals surface area contributed by atoms with E-state index in [0.29, 0.717) is 16.9 Å². The number of rotatable bonds is 3. The molecule has 0 atom stereocenters. The zero-order valence-corrected chi connectivity index (χ0v) is 15.1. The number of nitriles is 2. The van der Waals surface area contributed by atoms with Crippen LogP contribution in [-0.4, -0.2) is 0 Å². The largest absolute Gasteiger partial charge is 0.457 e. The summed E-state index contributed by atoms with van der Waals surface area (Å²) in [6.07, 6.45) is 0. The van der Waals surface area contributed by atoms with E-state index in [0.717, 1.165) is 18.2 Å². The van der Waals surface area contributed by atoms with Crippen molar-refractivity contribution in [2.75, 3.05) is 0 Å². The Kier molecular flexibility index (Phi) is 4.71. The third-order valence-corrected chi connectivity index (χ3v) is 4.35. The minimum Gasteiger partial charge on any atom is -0.457 e. The molecule has 1 heterocycles. The number of fused-ring (bicyclic) bond motifs is 1. The molecule has 4 aromatic rings. The van der Waals surface area contributed by atoms with E-state index < -0.39 is 17.3 Å². The predicted octanol–water partition coefficient (Wildman–Crippen LogP) is 5.27. The van der Waals surface area contributed by atoms with Crippen molar-refractivity contribution in [3.63, 3.8) is 0 Å². The van der Waals surface area contributed by atoms with E-state index in [4.69, 9.17) is 19.7 Å². The van der Waals surface area contributed by atoms with Gasteiger partial charge in [0.2, 0.25) is 0 Å². The molecule has 0 aliphatic heterocycles. The first-order valence-electron chi connectivity index (χ1n) is 8.63. The normalized spacial score (nSPS) is 10.4. The Balaban J connectivity index is 1.72. The van der Waals surface area contributed by atoms with Crippen LogP contribution in [0.1, 0.15) is 11.1 Å². The topological polar surface area (TPSA) is 87.0 Å². The van der Waals surface area contributed by atoms with Crippen molar-refractivity contribution >= 4 is 11.0 Å². The minimum atomic E-state index is -0.799. The molecule has 0 radical (unpaired) electrons. The second-order valence-corrected chi connectivity index (χ2v) is 6.34. The van der Waals surface area contributed by atoms with Gasteiger partial charge in [-0.3, -0.25) is 0 Å². The Bertz CT molecular complexity index is 1430. The highest BCUT2D eigenvalue weighted by Crippen LogP contribution is 2.29. The van der Waals surface area contributed by atoms with Crippen LogP contribution in [0.25, 0.3) is 22.1 Å². The SMILES string of the molecule is N#Cc1ccc(Oc2ccc3cc(-c4cc(F)cc(F)c4)c(=O)oc3c2)cc1C#N. The Morgan fingerprint density at radius 3 is 2.17 bits per heavy atom. The summed E-state index contributed by atoms with van der Waals surface area (Å²) in [7, 11) is 0. The van der Waals surface area contributed by atoms with Crippen molar-refractivity contribution in [3.8, 4) is 34.8 Å². The third kappa shape index (κ3) is 3.60. The smallest absolute Gasteiger partial charge is 0.344 e. The van der Waals surface area contributed by atoms with E-state index >= 15 is 0 Å². The highest BCUT2D eigenvalue weighted by molar-refractivity contribution is 5.82. The van der Waals surface area contributed by atoms with Crippen LogP contribution in [0.5, 0.6) is 11.5 Å². The Hall–Kier alpha value is -4.49. The summed E-state index contributed by atoms with van der Waals surface area (Å²) in [5.41, 5.74) is -0.0301. The fourth-order valence-corrected chi connectivity index (χ4v) is 2.98. The first-order valence-corrected chi connectivity index (χ1v) is 8.63. The minimum absolute atomic E-state index is 0.0281. The van der Waals surface area contributed by atoms with Crippen molar-refractivity contribution in [1.29, 1.82) is 10.5 Å². The van der Waals surface area contributed by atoms with Gasteiger partial charge in [0.25, 0.3) is 0 Å². The maximum absolute atomic E-state index is 13.5. The summed E-state index contributed by atoms with van der Waals surface area (Å²) < 4.78 is 38.0. The van der Waals surface area contributed by atoms with Gasteiger partial charge in [-0.2, -0.15) is 10.5 Å². The van der Waals surface area contributed by atoms with Gasteiger partial charge < -0.3 is 9.15 Å². The standard InChI is InChI=1S/C23H10F2N2O3/c24-17-5-15(6-18(25)9-17)21-8-13-1-3-20(10-22(13)30-23(21)28)29-19-4-2-14(11-26)16(7-19)12-27/h1-10H. The Morgan fingerprint density at radius 2 is 1.47 bits per heavy atom. The van der Waals surface area contributed by atoms with Crippen LogP contribution in [0.2, 0.25) is 0 Å². The molecular weight excluding hydrogens is 390 g/mol. The molecule has 30 heavy (non-hydrogen) atoms. The number of ether oxygens (including phenoxy) is 1. The molecule has 0 spiro atoms. The van der Waals surface area contributed by atoms with Crippen LogP contribution in [0.3, 0.4) is 0 Å². The fraction of sp³-hybridized carbons (Fsp3) is 0. The summed E-state index contributed by atoms with van der Waals surface area (Å²) in [6, 6.07) is 17.3. The Labute approximate surface area is 168 Å². The lowest BCUT2D eigenvalue weighted by Crippen LogP contribution is -2.03. The molecule has 7 heteroatoms. The van der Waals surface area contributed by atoms with Crippen molar-refractivity contribution in [3.05, 3.63) is 93.8 Å². The van der Waals surface area contributed by atoms with Gasteiger partial charge in [-0.25, -0.2) is 13.6 Å². The number of nitrogens with zero attached hydrogens (tertiary/aromatic N) is 2. The van der Waals surface area contributed by atoms with Crippen molar-refractivity contribution in [2.45, 2.75) is 0 Å². The van der Waals surface area contributed by atoms with Gasteiger partial charge in [-0.1, -0.05) is 0 Å². The quantitative estimate of drug-likeness (QED) is 0.437. The van der Waals surface area contributed by atoms with Gasteiger partial charge >= 0.3 is 5.63 Å². The second-order valence-electron chi connectivity index (χ2n) is 6.34. The molecule has 0 fully saturated rings. The molecule has 0 aliphatic rings. The molecule has 3 aromatic carbocycles. The van der Waals surface area contributed by atoms with Crippen LogP contribution in [0.15, 0.2) is 69.9 Å². The van der Waals surface area contributed by atoms with Crippen LogP contribution in [0, 0.1) is 34.3 Å². The molecular formula is C23H10F2N2O3. The highest BCUT2D eigenvalue weighted by Gasteiger charge is 2.12. The molecule has 4 rings (SSSR count). The molecule has 0 amide bonds. The lowest BCUT2D eigenvalue weighted by atomic mass is 10.1. The summed E-state index contributed by atoms with van der Waals surface area (Å²) in [4.78, 5) is 12.4. The van der Waals surface area contributed by atoms with E-state index in [2.05, 4.69) is 0 Å². The zero-order valence-electron chi connectivity index (χ0n) is 15.1. The zero-order chi connectivity index (χ0) is 21.3. The van der Waals surface area contributed by atoms with Crippen molar-refractivity contribution in [2.24, 2.45) is 0 Å². The molecule has 1 aromatic heterocycles. The lowest BCUT2D eigenvalue weighted by molar-refractivity contribution is 0.480. The fourth-order valence-electron chi connectivity index (χ4n) is 2.98. The first-order chi connectivity index (χ1) is 14.5. The number of benzene rings is 3. The van der Waals surface area contributed by atoms with Gasteiger partial charge in [0.1, 0.15) is 40.9 Å². The summed E-state index contributed by atoms with van der Waals surface area (Å²) >= 11 is 0. The third-order valence-electron chi connectivity index (χ3n) is 4.35. The average molecular weight is 400 g/mol. The van der Waals surface area contributed by atoms with Gasteiger partial charge in [0.15, 0.2) is 0 Å². The maximum Gasteiger partial charge on any atom is 0.344 e. The molecule has 0 unspecified atom stereocenters. The molecule has 0 N–H and O–H groups in total. The van der Waals surface area contributed by atoms with Gasteiger partial charge in [-0.15, -0.1) is 0 Å². The molecule has 0 saturated carbocycles. The molecule has 144 valence electrons. The van der Waals surface area contributed by atoms with Gasteiger partial charge in [-0.05, 0) is 54.1 Å². The molecule has 5 nitrogen and oxygen atoms in total. The van der Waals surface area contributed by atoms with E-state index in [9.17, 15) is 13.6 Å². The van der Waals surface area contributed by atoms with Gasteiger partial charge in [0, 0.05) is 17.5 Å². The molecule has 0 saturated heterocycles. The summed E-state index contributed by atoms with van der Waals surface area (Å²) in [5, 5.41) is 18.6. The van der Waals surface area contributed by atoms with Crippen LogP contribution < -0.4 is 10.4 Å². The molecule has 0 bridgehead atoms. The molecule has 0 aliphatic carbocycles. The van der Waals surface area contributed by atoms with E-state index in [1.807, 2.05) is 12.1 Å². The van der Waals surface area contributed by atoms with Crippen molar-refractivity contribution in [1.82, 2.24) is 0 Å². The summed E-state index contributed by atoms with van der Waals surface area (Å²) in [5.74, 6) is -0.928. The van der Waals surface area contributed by atoms with Crippen LogP contribution in [-0.2, 0) is 0 Å². The highest BCUT2D eigenvalue weighted by atomic mass is 19.1. The second kappa shape index (κ2) is 7.50. The van der Waals surface area contributed by atoms with E-state index in [1.54, 1.807) is 18.2 Å². The van der Waals surface area contributed by atoms with E-state index in [-0.39, 0.29) is 27.8 Å². The van der Waals surface area contributed by atoms with E-state index in [1.165, 1.54) is 24.3 Å². The number of hydrogen-bond acceptors (Lipinski definition) is 5. The Morgan fingerprint density at radius 1 is 0.800 bits per heavy atom. The van der Waals surface area contributed by atoms with Crippen LogP contribution in [0.4, 0.5) is 8.78 Å². The number of hydrogen-bond donors (Lipinski definition) is 0. The summed E-state index contributed by atoms with van der Waals surface area (Å²) in [6.45, 7) is 0. The maximum atomic E-state index is 13.5. The van der Waals surface area contributed by atoms with Crippen molar-refractivity contribution < 1.29 is 17.9 Å². The monoisotopic (exact) mass is 400 g/mol.